The van der Waals surface area contributed by atoms with Crippen LogP contribution in [-0.4, -0.2) is 20.9 Å². The van der Waals surface area contributed by atoms with Crippen molar-refractivity contribution in [2.75, 3.05) is 0 Å². The van der Waals surface area contributed by atoms with Crippen molar-refractivity contribution in [2.45, 2.75) is 49.9 Å². The fraction of sp³-hybridized carbons (Fsp3) is 0.667. The fourth-order valence-corrected chi connectivity index (χ4v) is 3.63. The summed E-state index contributed by atoms with van der Waals surface area (Å²) in [5.74, 6) is 0. The van der Waals surface area contributed by atoms with Crippen LogP contribution < -0.4 is 0 Å². The molecule has 0 radical (unpaired) electrons. The first-order valence-corrected chi connectivity index (χ1v) is 8.14. The van der Waals surface area contributed by atoms with E-state index in [0.29, 0.717) is 0 Å². The van der Waals surface area contributed by atoms with E-state index in [9.17, 15) is 0 Å². The first-order chi connectivity index (χ1) is 6.83. The van der Waals surface area contributed by atoms with Crippen molar-refractivity contribution >= 4 is 20.9 Å². The third-order valence-electron chi connectivity index (χ3n) is 2.25. The van der Waals surface area contributed by atoms with Gasteiger partial charge in [-0.2, -0.15) is 0 Å². The minimum atomic E-state index is -0.157. The van der Waals surface area contributed by atoms with Gasteiger partial charge in [-0.25, -0.2) is 0 Å². The van der Waals surface area contributed by atoms with Crippen LogP contribution in [0.1, 0.15) is 46.8 Å². The molecule has 0 amide bonds. The van der Waals surface area contributed by atoms with Crippen molar-refractivity contribution in [2.24, 2.45) is 0 Å². The Hall–Kier alpha value is 0.270. The first-order valence-electron chi connectivity index (χ1n) is 5.83. The molecule has 0 heterocycles. The summed E-state index contributed by atoms with van der Waals surface area (Å²) in [5, 5.41) is 0. The SMILES string of the molecule is [2H]/C(=C\C1=CCCCC1)[Te]CCCC. The molecule has 0 saturated carbocycles. The van der Waals surface area contributed by atoms with E-state index in [-0.39, 0.29) is 20.9 Å². The van der Waals surface area contributed by atoms with Gasteiger partial charge in [0.15, 0.2) is 0 Å². The van der Waals surface area contributed by atoms with Gasteiger partial charge < -0.3 is 0 Å². The van der Waals surface area contributed by atoms with Crippen LogP contribution in [0.15, 0.2) is 21.8 Å². The maximum atomic E-state index is 7.86. The second-order valence-electron chi connectivity index (χ2n) is 3.49. The second kappa shape index (κ2) is 7.65. The Bertz CT molecular complexity index is 218. The van der Waals surface area contributed by atoms with Gasteiger partial charge >= 0.3 is 94.0 Å². The third kappa shape index (κ3) is 5.55. The number of unbranched alkanes of at least 4 members (excludes halogenated alkanes) is 1. The number of hydrogen-bond acceptors (Lipinski definition) is 0. The molecular weight excluding hydrogens is 272 g/mol. The molecule has 0 saturated heterocycles. The van der Waals surface area contributed by atoms with Crippen LogP contribution in [0.3, 0.4) is 0 Å². The summed E-state index contributed by atoms with van der Waals surface area (Å²) in [5.41, 5.74) is 1.43. The van der Waals surface area contributed by atoms with Crippen LogP contribution in [-0.2, 0) is 0 Å². The zero-order chi connectivity index (χ0) is 10.2. The van der Waals surface area contributed by atoms with Crippen molar-refractivity contribution in [1.29, 1.82) is 0 Å². The minimum absolute atomic E-state index is 0.157. The van der Waals surface area contributed by atoms with Crippen LogP contribution in [0.2, 0.25) is 4.47 Å². The molecule has 1 heteroatoms. The second-order valence-corrected chi connectivity index (χ2v) is 6.15. The Morgan fingerprint density at radius 3 is 3.23 bits per heavy atom. The van der Waals surface area contributed by atoms with Crippen molar-refractivity contribution in [3.05, 3.63) is 21.8 Å². The molecule has 0 aromatic rings. The molecule has 0 spiro atoms. The van der Waals surface area contributed by atoms with Gasteiger partial charge in [-0.05, 0) is 0 Å². The monoisotopic (exact) mass is 295 g/mol. The molecule has 0 atom stereocenters. The average molecular weight is 293 g/mol. The Labute approximate surface area is 94.0 Å². The van der Waals surface area contributed by atoms with Crippen molar-refractivity contribution < 1.29 is 1.37 Å². The van der Waals surface area contributed by atoms with Crippen molar-refractivity contribution in [3.63, 3.8) is 0 Å². The van der Waals surface area contributed by atoms with Gasteiger partial charge in [-0.1, -0.05) is 0 Å². The van der Waals surface area contributed by atoms with Crippen molar-refractivity contribution in [1.82, 2.24) is 0 Å². The van der Waals surface area contributed by atoms with Gasteiger partial charge in [0.2, 0.25) is 0 Å². The topological polar surface area (TPSA) is 0 Å². The van der Waals surface area contributed by atoms with E-state index in [4.69, 9.17) is 1.37 Å². The number of allylic oxidation sites excluding steroid dienone is 3. The molecule has 0 N–H and O–H groups in total. The van der Waals surface area contributed by atoms with Crippen LogP contribution in [0.25, 0.3) is 0 Å². The Kier molecular flexibility index (Phi) is 5.78. The van der Waals surface area contributed by atoms with E-state index in [1.807, 2.05) is 0 Å². The van der Waals surface area contributed by atoms with Crippen molar-refractivity contribution in [3.8, 4) is 0 Å². The zero-order valence-corrected chi connectivity index (χ0v) is 10.8. The maximum absolute atomic E-state index is 7.86. The average Bonchev–Trinajstić information content (AvgIpc) is 2.20. The van der Waals surface area contributed by atoms with E-state index in [2.05, 4.69) is 19.1 Å². The van der Waals surface area contributed by atoms with Crippen LogP contribution >= 0.6 is 0 Å². The number of hydrogen-bond donors (Lipinski definition) is 0. The van der Waals surface area contributed by atoms with Gasteiger partial charge in [0.25, 0.3) is 0 Å². The molecule has 0 aromatic heterocycles. The predicted octanol–water partition coefficient (Wildman–Crippen LogP) is 3.92. The third-order valence-corrected chi connectivity index (χ3v) is 4.47. The standard InChI is InChI=1S/C12H20Te/c1-2-3-10-13-11-9-12-7-5-4-6-8-12/h7,9,11H,2-6,8,10H2,1H3/b11-9+/i11D. The van der Waals surface area contributed by atoms with Crippen LogP contribution in [0.4, 0.5) is 0 Å². The van der Waals surface area contributed by atoms with E-state index in [1.165, 1.54) is 48.6 Å². The molecule has 0 bridgehead atoms. The molecular formula is C12H20Te. The van der Waals surface area contributed by atoms with Gasteiger partial charge in [-0.3, -0.25) is 0 Å². The van der Waals surface area contributed by atoms with E-state index < -0.39 is 0 Å². The summed E-state index contributed by atoms with van der Waals surface area (Å²) in [4.78, 5) is 0. The van der Waals surface area contributed by atoms with Gasteiger partial charge in [0, 0.05) is 0 Å². The van der Waals surface area contributed by atoms with Crippen LogP contribution in [0.5, 0.6) is 0 Å². The molecule has 13 heavy (non-hydrogen) atoms. The molecule has 0 fully saturated rings. The first kappa shape index (κ1) is 9.81. The summed E-state index contributed by atoms with van der Waals surface area (Å²) in [6, 6.07) is 0. The molecule has 1 aliphatic rings. The molecule has 0 nitrogen and oxygen atoms in total. The quantitative estimate of drug-likeness (QED) is 0.532. The van der Waals surface area contributed by atoms with E-state index in [0.717, 1.165) is 4.10 Å². The molecule has 0 unspecified atom stereocenters. The van der Waals surface area contributed by atoms with Gasteiger partial charge in [0.05, 0.1) is 0 Å². The van der Waals surface area contributed by atoms with Crippen LogP contribution in [0, 0.1) is 0 Å². The molecule has 0 aromatic carbocycles. The molecule has 0 aliphatic heterocycles. The van der Waals surface area contributed by atoms with Gasteiger partial charge in [0.1, 0.15) is 0 Å². The zero-order valence-electron chi connectivity index (χ0n) is 9.51. The Morgan fingerprint density at radius 2 is 2.54 bits per heavy atom. The van der Waals surface area contributed by atoms with E-state index >= 15 is 0 Å². The normalized spacial score (nSPS) is 19.6. The summed E-state index contributed by atoms with van der Waals surface area (Å²) >= 11 is -0.157. The summed E-state index contributed by atoms with van der Waals surface area (Å²) in [7, 11) is 0. The number of rotatable bonds is 5. The van der Waals surface area contributed by atoms with Gasteiger partial charge in [-0.15, -0.1) is 0 Å². The Balaban J connectivity index is 2.30. The fourth-order valence-electron chi connectivity index (χ4n) is 1.39. The molecule has 1 rings (SSSR count). The molecule has 1 aliphatic carbocycles. The van der Waals surface area contributed by atoms with E-state index in [1.54, 1.807) is 0 Å². The predicted molar refractivity (Wildman–Crippen MR) is 61.2 cm³/mol. The summed E-state index contributed by atoms with van der Waals surface area (Å²) in [6.45, 7) is 2.23. The summed E-state index contributed by atoms with van der Waals surface area (Å²) < 4.78 is 10.1. The summed E-state index contributed by atoms with van der Waals surface area (Å²) in [6.07, 6.45) is 12.2. The Morgan fingerprint density at radius 1 is 1.62 bits per heavy atom. The molecule has 74 valence electrons.